The molecule has 0 fully saturated rings. The molecule has 0 aromatic heterocycles. The molecule has 3 aromatic rings. The fraction of sp³-hybridized carbons (Fsp3) is 0.400. The summed E-state index contributed by atoms with van der Waals surface area (Å²) in [6, 6.07) is 20.6. The molecule has 246 valence electrons. The van der Waals surface area contributed by atoms with Crippen molar-refractivity contribution in [1.29, 1.82) is 0 Å². The summed E-state index contributed by atoms with van der Waals surface area (Å²) in [5.74, 6) is -0.775. The summed E-state index contributed by atoms with van der Waals surface area (Å²) in [6.07, 6.45) is -0.497. The van der Waals surface area contributed by atoms with Crippen molar-refractivity contribution >= 4 is 29.2 Å². The maximum absolute atomic E-state index is 14.1. The van der Waals surface area contributed by atoms with E-state index in [1.807, 2.05) is 73.7 Å². The molecule has 4 amide bonds. The molecule has 0 spiro atoms. The number of aliphatic hydroxyl groups is 3. The van der Waals surface area contributed by atoms with Crippen LogP contribution >= 0.6 is 0 Å². The average Bonchev–Trinajstić information content (AvgIpc) is 3.14. The predicted molar refractivity (Wildman–Crippen MR) is 178 cm³/mol. The van der Waals surface area contributed by atoms with E-state index in [1.54, 1.807) is 24.8 Å². The van der Waals surface area contributed by atoms with Gasteiger partial charge in [0.1, 0.15) is 6.04 Å². The third-order valence-electron chi connectivity index (χ3n) is 8.50. The molecule has 0 radical (unpaired) electrons. The van der Waals surface area contributed by atoms with Crippen LogP contribution in [0.1, 0.15) is 50.7 Å². The van der Waals surface area contributed by atoms with Gasteiger partial charge in [-0.05, 0) is 53.0 Å². The first-order valence-electron chi connectivity index (χ1n) is 15.5. The van der Waals surface area contributed by atoms with Gasteiger partial charge < -0.3 is 41.9 Å². The zero-order chi connectivity index (χ0) is 33.4. The molecule has 1 aliphatic heterocycles. The normalized spacial score (nSPS) is 17.8. The minimum absolute atomic E-state index is 0.0307. The van der Waals surface area contributed by atoms with Gasteiger partial charge in [0.2, 0.25) is 11.8 Å². The van der Waals surface area contributed by atoms with Crippen LogP contribution in [0.5, 0.6) is 0 Å². The van der Waals surface area contributed by atoms with Gasteiger partial charge in [0.15, 0.2) is 0 Å². The van der Waals surface area contributed by atoms with Crippen molar-refractivity contribution in [3.8, 4) is 11.1 Å². The van der Waals surface area contributed by atoms with E-state index in [9.17, 15) is 24.6 Å². The van der Waals surface area contributed by atoms with Crippen molar-refractivity contribution in [2.24, 2.45) is 11.1 Å². The van der Waals surface area contributed by atoms with Crippen LogP contribution in [-0.2, 0) is 16.1 Å². The fourth-order valence-corrected chi connectivity index (χ4v) is 5.89. The number of nitrogens with two attached hydrogens (primary N) is 1. The molecule has 0 bridgehead atoms. The molecule has 1 aliphatic rings. The van der Waals surface area contributed by atoms with E-state index in [0.29, 0.717) is 12.1 Å². The Morgan fingerprint density at radius 3 is 2.39 bits per heavy atom. The van der Waals surface area contributed by atoms with Crippen LogP contribution in [0, 0.1) is 5.41 Å². The molecule has 11 nitrogen and oxygen atoms in total. The first-order chi connectivity index (χ1) is 21.9. The number of nitrogens with zero attached hydrogens (tertiary/aromatic N) is 1. The molecule has 46 heavy (non-hydrogen) atoms. The Bertz CT molecular complexity index is 1510. The standard InChI is InChI=1S/C35H45N5O6/c1-22-18-29(38-32(44)31(36)35(2,3)19-25(43)21-42)33(45)40(30-11-7-5-8-26(22)30)20-23-12-14-24(15-13-23)27-9-4-6-10-28(27)39-34(46)37-16-17-41/h4-15,22,25,29,31,41-43H,16-21,36H2,1-3H3,(H,38,44)(H2,37,39,46)/t22?,25-,29?,31?/m0/s1. The van der Waals surface area contributed by atoms with Crippen LogP contribution in [0.4, 0.5) is 16.2 Å². The first kappa shape index (κ1) is 34.6. The molecule has 0 saturated heterocycles. The quantitative estimate of drug-likeness (QED) is 0.161. The Morgan fingerprint density at radius 2 is 1.70 bits per heavy atom. The number of amides is 4. The summed E-state index contributed by atoms with van der Waals surface area (Å²) in [6.45, 7) is 5.34. The van der Waals surface area contributed by atoms with Crippen LogP contribution in [0.3, 0.4) is 0 Å². The van der Waals surface area contributed by atoms with Crippen molar-refractivity contribution < 1.29 is 29.7 Å². The highest BCUT2D eigenvalue weighted by molar-refractivity contribution is 6.01. The number of nitrogens with one attached hydrogen (secondary N) is 3. The lowest BCUT2D eigenvalue weighted by Gasteiger charge is -2.33. The zero-order valence-electron chi connectivity index (χ0n) is 26.6. The summed E-state index contributed by atoms with van der Waals surface area (Å²) in [4.78, 5) is 41.4. The summed E-state index contributed by atoms with van der Waals surface area (Å²) < 4.78 is 0. The lowest BCUT2D eigenvalue weighted by Crippen LogP contribution is -2.56. The van der Waals surface area contributed by atoms with Gasteiger partial charge in [-0.2, -0.15) is 0 Å². The maximum Gasteiger partial charge on any atom is 0.319 e. The number of aliphatic hydroxyl groups excluding tert-OH is 3. The number of carbonyl (C=O) groups excluding carboxylic acids is 3. The lowest BCUT2D eigenvalue weighted by atomic mass is 9.79. The van der Waals surface area contributed by atoms with E-state index >= 15 is 0 Å². The topological polar surface area (TPSA) is 177 Å². The molecule has 1 heterocycles. The largest absolute Gasteiger partial charge is 0.395 e. The number of carbonyl (C=O) groups is 3. The zero-order valence-corrected chi connectivity index (χ0v) is 26.6. The Balaban J connectivity index is 1.56. The third-order valence-corrected chi connectivity index (χ3v) is 8.50. The molecule has 4 rings (SSSR count). The minimum atomic E-state index is -1.01. The summed E-state index contributed by atoms with van der Waals surface area (Å²) in [5, 5.41) is 36.5. The number of fused-ring (bicyclic) bond motifs is 1. The van der Waals surface area contributed by atoms with Crippen molar-refractivity contribution in [3.63, 3.8) is 0 Å². The van der Waals surface area contributed by atoms with Gasteiger partial charge in [0.25, 0.3) is 0 Å². The molecule has 0 aliphatic carbocycles. The molecule has 0 saturated carbocycles. The van der Waals surface area contributed by atoms with E-state index in [-0.39, 0.29) is 37.9 Å². The second-order valence-electron chi connectivity index (χ2n) is 12.5. The number of para-hydroxylation sites is 2. The van der Waals surface area contributed by atoms with Crippen LogP contribution < -0.4 is 26.6 Å². The SMILES string of the molecule is CC1CC(NC(=O)C(N)C(C)(C)C[C@H](O)CO)C(=O)N(Cc2ccc(-c3ccccc3NC(=O)NCCO)cc2)c2ccccc21. The fourth-order valence-electron chi connectivity index (χ4n) is 5.89. The lowest BCUT2D eigenvalue weighted by molar-refractivity contribution is -0.130. The van der Waals surface area contributed by atoms with Gasteiger partial charge in [0, 0.05) is 17.8 Å². The number of hydrogen-bond acceptors (Lipinski definition) is 7. The Kier molecular flexibility index (Phi) is 11.5. The average molecular weight is 632 g/mol. The smallest absolute Gasteiger partial charge is 0.319 e. The first-order valence-corrected chi connectivity index (χ1v) is 15.5. The van der Waals surface area contributed by atoms with Gasteiger partial charge in [-0.1, -0.05) is 81.4 Å². The number of benzene rings is 3. The maximum atomic E-state index is 14.1. The second kappa shape index (κ2) is 15.3. The van der Waals surface area contributed by atoms with E-state index in [2.05, 4.69) is 16.0 Å². The summed E-state index contributed by atoms with van der Waals surface area (Å²) in [5.41, 5.74) is 10.4. The predicted octanol–water partition coefficient (Wildman–Crippen LogP) is 3.09. The second-order valence-corrected chi connectivity index (χ2v) is 12.5. The Morgan fingerprint density at radius 1 is 1.02 bits per heavy atom. The van der Waals surface area contributed by atoms with Gasteiger partial charge in [-0.3, -0.25) is 9.59 Å². The summed E-state index contributed by atoms with van der Waals surface area (Å²) >= 11 is 0. The highest BCUT2D eigenvalue weighted by atomic mass is 16.3. The van der Waals surface area contributed by atoms with E-state index in [0.717, 1.165) is 27.9 Å². The molecule has 3 aromatic carbocycles. The van der Waals surface area contributed by atoms with Crippen molar-refractivity contribution in [3.05, 3.63) is 83.9 Å². The molecular formula is C35H45N5O6. The van der Waals surface area contributed by atoms with E-state index in [4.69, 9.17) is 10.8 Å². The monoisotopic (exact) mass is 631 g/mol. The molecule has 11 heteroatoms. The minimum Gasteiger partial charge on any atom is -0.395 e. The van der Waals surface area contributed by atoms with Crippen LogP contribution in [0.25, 0.3) is 11.1 Å². The Hall–Kier alpha value is -4.29. The third kappa shape index (κ3) is 8.29. The van der Waals surface area contributed by atoms with Crippen molar-refractivity contribution in [2.45, 2.75) is 64.3 Å². The van der Waals surface area contributed by atoms with Gasteiger partial charge in [-0.15, -0.1) is 0 Å². The highest BCUT2D eigenvalue weighted by Crippen LogP contribution is 2.36. The molecule has 3 unspecified atom stereocenters. The summed E-state index contributed by atoms with van der Waals surface area (Å²) in [7, 11) is 0. The number of anilines is 2. The van der Waals surface area contributed by atoms with E-state index in [1.165, 1.54) is 0 Å². The van der Waals surface area contributed by atoms with Crippen molar-refractivity contribution in [2.75, 3.05) is 30.0 Å². The van der Waals surface area contributed by atoms with E-state index < -0.39 is 42.1 Å². The van der Waals surface area contributed by atoms with Gasteiger partial charge >= 0.3 is 6.03 Å². The van der Waals surface area contributed by atoms with Gasteiger partial charge in [0.05, 0.1) is 37.6 Å². The Labute approximate surface area is 269 Å². The molecule has 4 atom stereocenters. The van der Waals surface area contributed by atoms with Crippen LogP contribution in [-0.4, -0.2) is 71.1 Å². The number of rotatable bonds is 12. The number of hydrogen-bond donors (Lipinski definition) is 7. The number of urea groups is 1. The molecular weight excluding hydrogens is 586 g/mol. The highest BCUT2D eigenvalue weighted by Gasteiger charge is 2.39. The van der Waals surface area contributed by atoms with Gasteiger partial charge in [-0.25, -0.2) is 4.79 Å². The van der Waals surface area contributed by atoms with Crippen LogP contribution in [0.15, 0.2) is 72.8 Å². The van der Waals surface area contributed by atoms with Crippen LogP contribution in [0.2, 0.25) is 0 Å². The molecule has 8 N–H and O–H groups in total. The van der Waals surface area contributed by atoms with Crippen molar-refractivity contribution in [1.82, 2.24) is 10.6 Å².